The van der Waals surface area contributed by atoms with E-state index in [1.54, 1.807) is 0 Å². The van der Waals surface area contributed by atoms with E-state index in [1.165, 1.54) is 19.2 Å². The summed E-state index contributed by atoms with van der Waals surface area (Å²) in [5.41, 5.74) is 5.86. The van der Waals surface area contributed by atoms with Gasteiger partial charge in [0, 0.05) is 5.54 Å². The van der Waals surface area contributed by atoms with Gasteiger partial charge in [-0.05, 0) is 30.9 Å². The Bertz CT molecular complexity index is 388. The van der Waals surface area contributed by atoms with Gasteiger partial charge in [0.1, 0.15) is 0 Å². The molecule has 15 heavy (non-hydrogen) atoms. The van der Waals surface area contributed by atoms with Gasteiger partial charge in [0.15, 0.2) is 11.6 Å². The smallest absolute Gasteiger partial charge is 0.200 e. The molecule has 0 atom stereocenters. The first-order valence-electron chi connectivity index (χ1n) is 4.85. The van der Waals surface area contributed by atoms with Crippen LogP contribution in [0.2, 0.25) is 0 Å². The van der Waals surface area contributed by atoms with Crippen LogP contribution in [0.25, 0.3) is 0 Å². The Balaban J connectivity index is 2.29. The quantitative estimate of drug-likeness (QED) is 0.833. The number of nitrogens with two attached hydrogens (primary N) is 1. The molecule has 2 rings (SSSR count). The largest absolute Gasteiger partial charge is 0.494 e. The highest BCUT2D eigenvalue weighted by atomic mass is 19.2. The number of hydrogen-bond acceptors (Lipinski definition) is 2. The van der Waals surface area contributed by atoms with Gasteiger partial charge in [0.25, 0.3) is 0 Å². The van der Waals surface area contributed by atoms with Crippen LogP contribution in [-0.4, -0.2) is 12.6 Å². The summed E-state index contributed by atoms with van der Waals surface area (Å²) >= 11 is 0. The summed E-state index contributed by atoms with van der Waals surface area (Å²) in [5.74, 6) is -1.84. The molecule has 0 saturated heterocycles. The number of ether oxygens (including phenoxy) is 1. The number of rotatable bonds is 3. The minimum Gasteiger partial charge on any atom is -0.494 e. The van der Waals surface area contributed by atoms with Crippen LogP contribution in [0.4, 0.5) is 8.78 Å². The molecule has 1 saturated carbocycles. The Hall–Kier alpha value is -1.16. The van der Waals surface area contributed by atoms with Crippen molar-refractivity contribution in [2.45, 2.75) is 24.8 Å². The molecule has 0 amide bonds. The van der Waals surface area contributed by atoms with Gasteiger partial charge in [-0.25, -0.2) is 4.39 Å². The van der Waals surface area contributed by atoms with Gasteiger partial charge in [0.05, 0.1) is 7.11 Å². The van der Waals surface area contributed by atoms with E-state index in [-0.39, 0.29) is 11.3 Å². The molecule has 1 aromatic rings. The maximum Gasteiger partial charge on any atom is 0.200 e. The van der Waals surface area contributed by atoms with Crippen molar-refractivity contribution in [1.82, 2.24) is 0 Å². The molecule has 0 radical (unpaired) electrons. The van der Waals surface area contributed by atoms with Crippen molar-refractivity contribution in [1.29, 1.82) is 0 Å². The molecule has 0 heterocycles. The molecule has 1 aliphatic carbocycles. The molecule has 0 spiro atoms. The molecular formula is C11H13F2NO. The van der Waals surface area contributed by atoms with E-state index in [0.717, 1.165) is 12.8 Å². The van der Waals surface area contributed by atoms with Crippen LogP contribution in [0.5, 0.6) is 5.75 Å². The fourth-order valence-corrected chi connectivity index (χ4v) is 1.58. The van der Waals surface area contributed by atoms with E-state index in [1.807, 2.05) is 0 Å². The predicted molar refractivity (Wildman–Crippen MR) is 52.8 cm³/mol. The Kier molecular flexibility index (Phi) is 2.38. The maximum absolute atomic E-state index is 13.5. The average molecular weight is 213 g/mol. The summed E-state index contributed by atoms with van der Waals surface area (Å²) < 4.78 is 31.5. The lowest BCUT2D eigenvalue weighted by Gasteiger charge is -2.11. The lowest BCUT2D eigenvalue weighted by Crippen LogP contribution is -2.25. The van der Waals surface area contributed by atoms with Crippen LogP contribution < -0.4 is 10.5 Å². The highest BCUT2D eigenvalue weighted by molar-refractivity contribution is 5.32. The van der Waals surface area contributed by atoms with E-state index in [4.69, 9.17) is 5.73 Å². The summed E-state index contributed by atoms with van der Waals surface area (Å²) in [6.45, 7) is 0. The summed E-state index contributed by atoms with van der Waals surface area (Å²) in [6.07, 6.45) is 2.14. The predicted octanol–water partition coefficient (Wildman–Crippen LogP) is 2.01. The van der Waals surface area contributed by atoms with Gasteiger partial charge in [-0.2, -0.15) is 4.39 Å². The van der Waals surface area contributed by atoms with Crippen molar-refractivity contribution in [2.24, 2.45) is 5.73 Å². The molecular weight excluding hydrogens is 200 g/mol. The van der Waals surface area contributed by atoms with Crippen LogP contribution in [0.1, 0.15) is 18.4 Å². The van der Waals surface area contributed by atoms with Crippen LogP contribution in [-0.2, 0) is 6.42 Å². The minimum absolute atomic E-state index is 0.0712. The summed E-state index contributed by atoms with van der Waals surface area (Å²) in [5, 5.41) is 0. The van der Waals surface area contributed by atoms with Gasteiger partial charge in [-0.1, -0.05) is 6.07 Å². The highest BCUT2D eigenvalue weighted by Crippen LogP contribution is 2.37. The van der Waals surface area contributed by atoms with E-state index >= 15 is 0 Å². The third-order valence-corrected chi connectivity index (χ3v) is 2.78. The van der Waals surface area contributed by atoms with Crippen molar-refractivity contribution >= 4 is 0 Å². The molecule has 0 aliphatic heterocycles. The average Bonchev–Trinajstić information content (AvgIpc) is 2.92. The molecule has 2 nitrogen and oxygen atoms in total. The van der Waals surface area contributed by atoms with Gasteiger partial charge in [-0.3, -0.25) is 0 Å². The second-order valence-electron chi connectivity index (χ2n) is 4.09. The zero-order chi connectivity index (χ0) is 11.1. The van der Waals surface area contributed by atoms with Crippen LogP contribution in [0, 0.1) is 11.6 Å². The topological polar surface area (TPSA) is 35.2 Å². The second-order valence-corrected chi connectivity index (χ2v) is 4.09. The van der Waals surface area contributed by atoms with Gasteiger partial charge < -0.3 is 10.5 Å². The van der Waals surface area contributed by atoms with E-state index in [9.17, 15) is 8.78 Å². The number of hydrogen-bond donors (Lipinski definition) is 1. The van der Waals surface area contributed by atoms with E-state index in [2.05, 4.69) is 4.74 Å². The first-order valence-corrected chi connectivity index (χ1v) is 4.85. The Morgan fingerprint density at radius 2 is 2.00 bits per heavy atom. The van der Waals surface area contributed by atoms with Crippen LogP contribution in [0.15, 0.2) is 12.1 Å². The maximum atomic E-state index is 13.5. The number of benzene rings is 1. The summed E-state index contributed by atoms with van der Waals surface area (Å²) in [7, 11) is 1.31. The fourth-order valence-electron chi connectivity index (χ4n) is 1.58. The molecule has 1 fully saturated rings. The first kappa shape index (κ1) is 10.4. The minimum atomic E-state index is -0.931. The molecule has 0 unspecified atom stereocenters. The van der Waals surface area contributed by atoms with Crippen molar-refractivity contribution < 1.29 is 13.5 Å². The van der Waals surface area contributed by atoms with Crippen LogP contribution in [0.3, 0.4) is 0 Å². The molecule has 1 aliphatic rings. The zero-order valence-electron chi connectivity index (χ0n) is 8.52. The third-order valence-electron chi connectivity index (χ3n) is 2.78. The molecule has 0 aromatic heterocycles. The third kappa shape index (κ3) is 1.95. The standard InChI is InChI=1S/C11H13F2NO/c1-15-8-3-2-7(9(12)10(8)13)6-11(14)4-5-11/h2-3H,4-6,14H2,1H3. The van der Waals surface area contributed by atoms with Gasteiger partial charge >= 0.3 is 0 Å². The molecule has 2 N–H and O–H groups in total. The second kappa shape index (κ2) is 3.45. The lowest BCUT2D eigenvalue weighted by molar-refractivity contribution is 0.369. The number of halogens is 2. The van der Waals surface area contributed by atoms with Crippen molar-refractivity contribution in [2.75, 3.05) is 7.11 Å². The van der Waals surface area contributed by atoms with E-state index < -0.39 is 11.6 Å². The Morgan fingerprint density at radius 3 is 2.53 bits per heavy atom. The summed E-state index contributed by atoms with van der Waals surface area (Å²) in [4.78, 5) is 0. The van der Waals surface area contributed by atoms with E-state index in [0.29, 0.717) is 12.0 Å². The highest BCUT2D eigenvalue weighted by Gasteiger charge is 2.39. The molecule has 4 heteroatoms. The Labute approximate surface area is 87.0 Å². The fraction of sp³-hybridized carbons (Fsp3) is 0.455. The SMILES string of the molecule is COc1ccc(CC2(N)CC2)c(F)c1F. The number of methoxy groups -OCH3 is 1. The normalized spacial score (nSPS) is 17.6. The van der Waals surface area contributed by atoms with Gasteiger partial charge in [0.2, 0.25) is 5.82 Å². The zero-order valence-corrected chi connectivity index (χ0v) is 8.52. The van der Waals surface area contributed by atoms with Crippen molar-refractivity contribution in [3.8, 4) is 5.75 Å². The van der Waals surface area contributed by atoms with Crippen molar-refractivity contribution in [3.63, 3.8) is 0 Å². The Morgan fingerprint density at radius 1 is 1.33 bits per heavy atom. The first-order chi connectivity index (χ1) is 7.06. The van der Waals surface area contributed by atoms with Gasteiger partial charge in [-0.15, -0.1) is 0 Å². The molecule has 1 aromatic carbocycles. The monoisotopic (exact) mass is 213 g/mol. The molecule has 0 bridgehead atoms. The summed E-state index contributed by atoms with van der Waals surface area (Å²) in [6, 6.07) is 2.96. The van der Waals surface area contributed by atoms with Crippen LogP contribution >= 0.6 is 0 Å². The lowest BCUT2D eigenvalue weighted by atomic mass is 10.0. The van der Waals surface area contributed by atoms with Crippen molar-refractivity contribution in [3.05, 3.63) is 29.3 Å². The molecule has 82 valence electrons.